The van der Waals surface area contributed by atoms with Gasteiger partial charge in [-0.2, -0.15) is 0 Å². The van der Waals surface area contributed by atoms with Crippen LogP contribution in [0.1, 0.15) is 15.9 Å². The number of amides is 1. The Balaban J connectivity index is 2.16. The average molecular weight is 307 g/mol. The van der Waals surface area contributed by atoms with Crippen molar-refractivity contribution in [2.24, 2.45) is 0 Å². The zero-order valence-corrected chi connectivity index (χ0v) is 12.6. The minimum absolute atomic E-state index is 0.0968. The summed E-state index contributed by atoms with van der Waals surface area (Å²) >= 11 is 6.12. The fourth-order valence-corrected chi connectivity index (χ4v) is 2.08. The molecule has 0 aliphatic carbocycles. The lowest BCUT2D eigenvalue weighted by molar-refractivity contribution is 0.0827. The van der Waals surface area contributed by atoms with E-state index in [2.05, 4.69) is 5.32 Å². The average Bonchev–Trinajstić information content (AvgIpc) is 2.45. The summed E-state index contributed by atoms with van der Waals surface area (Å²) in [6.45, 7) is 0.428. The minimum Gasteiger partial charge on any atom is -0.380 e. The second-order valence-electron chi connectivity index (χ2n) is 4.88. The minimum atomic E-state index is -0.281. The molecule has 2 aromatic rings. The Hall–Kier alpha value is -2.07. The molecule has 0 unspecified atom stereocenters. The molecule has 0 heterocycles. The first-order chi connectivity index (χ1) is 9.97. The maximum absolute atomic E-state index is 13.1. The van der Waals surface area contributed by atoms with Crippen molar-refractivity contribution in [3.8, 4) is 0 Å². The van der Waals surface area contributed by atoms with E-state index in [4.69, 9.17) is 11.6 Å². The molecule has 21 heavy (non-hydrogen) atoms. The maximum Gasteiger partial charge on any atom is 0.253 e. The zero-order chi connectivity index (χ0) is 15.4. The lowest BCUT2D eigenvalue weighted by atomic mass is 10.1. The van der Waals surface area contributed by atoms with Gasteiger partial charge in [0.05, 0.1) is 10.7 Å². The number of carbonyl (C=O) groups is 1. The second kappa shape index (κ2) is 6.59. The van der Waals surface area contributed by atoms with Gasteiger partial charge in [-0.1, -0.05) is 23.7 Å². The predicted octanol–water partition coefficient (Wildman–Crippen LogP) is 3.79. The number of nitrogens with one attached hydrogen (secondary N) is 1. The van der Waals surface area contributed by atoms with Crippen molar-refractivity contribution in [2.75, 3.05) is 19.4 Å². The van der Waals surface area contributed by atoms with Crippen LogP contribution in [-0.2, 0) is 6.54 Å². The maximum atomic E-state index is 13.1. The van der Waals surface area contributed by atoms with Crippen LogP contribution in [0.3, 0.4) is 0 Å². The first kappa shape index (κ1) is 15.3. The summed E-state index contributed by atoms with van der Waals surface area (Å²) in [7, 11) is 3.38. The Morgan fingerprint density at radius 3 is 2.67 bits per heavy atom. The van der Waals surface area contributed by atoms with Gasteiger partial charge in [-0.05, 0) is 35.9 Å². The van der Waals surface area contributed by atoms with Gasteiger partial charge in [-0.25, -0.2) is 4.39 Å². The number of rotatable bonds is 4. The van der Waals surface area contributed by atoms with Crippen LogP contribution >= 0.6 is 11.6 Å². The van der Waals surface area contributed by atoms with E-state index >= 15 is 0 Å². The number of benzene rings is 2. The van der Waals surface area contributed by atoms with Crippen molar-refractivity contribution in [2.45, 2.75) is 6.54 Å². The highest BCUT2D eigenvalue weighted by atomic mass is 35.5. The van der Waals surface area contributed by atoms with E-state index in [1.807, 2.05) is 6.07 Å². The van der Waals surface area contributed by atoms with Gasteiger partial charge in [0.2, 0.25) is 0 Å². The smallest absolute Gasteiger partial charge is 0.253 e. The molecule has 1 N–H and O–H groups in total. The standard InChI is InChI=1S/C16H16ClFN2O/c1-20(2)16(21)12-6-7-14(17)15(9-12)19-10-11-4-3-5-13(18)8-11/h3-9,19H,10H2,1-2H3. The predicted molar refractivity (Wildman–Crippen MR) is 83.2 cm³/mol. The van der Waals surface area contributed by atoms with Crippen LogP contribution in [0.5, 0.6) is 0 Å². The Morgan fingerprint density at radius 1 is 1.24 bits per heavy atom. The molecule has 0 aromatic heterocycles. The van der Waals surface area contributed by atoms with Gasteiger partial charge in [-0.15, -0.1) is 0 Å². The van der Waals surface area contributed by atoms with Crippen LogP contribution in [0.25, 0.3) is 0 Å². The summed E-state index contributed by atoms with van der Waals surface area (Å²) in [6.07, 6.45) is 0. The van der Waals surface area contributed by atoms with Gasteiger partial charge in [0.15, 0.2) is 0 Å². The quantitative estimate of drug-likeness (QED) is 0.932. The SMILES string of the molecule is CN(C)C(=O)c1ccc(Cl)c(NCc2cccc(F)c2)c1. The molecule has 0 atom stereocenters. The van der Waals surface area contributed by atoms with E-state index in [1.165, 1.54) is 17.0 Å². The lowest BCUT2D eigenvalue weighted by Crippen LogP contribution is -2.21. The Bertz CT molecular complexity index is 658. The number of anilines is 1. The van der Waals surface area contributed by atoms with E-state index in [-0.39, 0.29) is 11.7 Å². The van der Waals surface area contributed by atoms with E-state index in [0.29, 0.717) is 22.8 Å². The van der Waals surface area contributed by atoms with Crippen LogP contribution < -0.4 is 5.32 Å². The molecule has 0 saturated heterocycles. The summed E-state index contributed by atoms with van der Waals surface area (Å²) in [6, 6.07) is 11.4. The van der Waals surface area contributed by atoms with Crippen molar-refractivity contribution in [3.63, 3.8) is 0 Å². The third kappa shape index (κ3) is 3.95. The molecule has 3 nitrogen and oxygen atoms in total. The largest absolute Gasteiger partial charge is 0.380 e. The number of carbonyl (C=O) groups excluding carboxylic acids is 1. The summed E-state index contributed by atoms with van der Waals surface area (Å²) < 4.78 is 13.1. The zero-order valence-electron chi connectivity index (χ0n) is 11.9. The third-order valence-corrected chi connectivity index (χ3v) is 3.32. The van der Waals surface area contributed by atoms with Gasteiger partial charge in [0.25, 0.3) is 5.91 Å². The van der Waals surface area contributed by atoms with Crippen molar-refractivity contribution < 1.29 is 9.18 Å². The normalized spacial score (nSPS) is 10.3. The number of hydrogen-bond donors (Lipinski definition) is 1. The number of halogens is 2. The highest BCUT2D eigenvalue weighted by molar-refractivity contribution is 6.33. The molecule has 2 rings (SSSR count). The van der Waals surface area contributed by atoms with Crippen LogP contribution in [0.2, 0.25) is 5.02 Å². The fraction of sp³-hybridized carbons (Fsp3) is 0.188. The molecule has 0 saturated carbocycles. The number of hydrogen-bond acceptors (Lipinski definition) is 2. The van der Waals surface area contributed by atoms with E-state index < -0.39 is 0 Å². The molecule has 0 radical (unpaired) electrons. The molecule has 110 valence electrons. The van der Waals surface area contributed by atoms with Crippen LogP contribution in [0.4, 0.5) is 10.1 Å². The monoisotopic (exact) mass is 306 g/mol. The first-order valence-electron chi connectivity index (χ1n) is 6.47. The molecule has 1 amide bonds. The molecule has 0 spiro atoms. The van der Waals surface area contributed by atoms with Crippen LogP contribution in [-0.4, -0.2) is 24.9 Å². The summed E-state index contributed by atoms with van der Waals surface area (Å²) in [5, 5.41) is 3.64. The molecule has 0 aliphatic rings. The molecule has 2 aromatic carbocycles. The van der Waals surface area contributed by atoms with Crippen LogP contribution in [0.15, 0.2) is 42.5 Å². The van der Waals surface area contributed by atoms with Crippen molar-refractivity contribution in [3.05, 3.63) is 64.4 Å². The molecular weight excluding hydrogens is 291 g/mol. The van der Waals surface area contributed by atoms with Gasteiger partial charge in [0, 0.05) is 26.2 Å². The third-order valence-electron chi connectivity index (χ3n) is 2.99. The van der Waals surface area contributed by atoms with Gasteiger partial charge < -0.3 is 10.2 Å². The topological polar surface area (TPSA) is 32.3 Å². The Labute approximate surface area is 128 Å². The molecule has 5 heteroatoms. The first-order valence-corrected chi connectivity index (χ1v) is 6.84. The second-order valence-corrected chi connectivity index (χ2v) is 5.28. The van der Waals surface area contributed by atoms with Gasteiger partial charge >= 0.3 is 0 Å². The van der Waals surface area contributed by atoms with E-state index in [1.54, 1.807) is 38.4 Å². The highest BCUT2D eigenvalue weighted by Gasteiger charge is 2.10. The molecule has 0 aliphatic heterocycles. The molecule has 0 fully saturated rings. The summed E-state index contributed by atoms with van der Waals surface area (Å²) in [4.78, 5) is 13.4. The van der Waals surface area contributed by atoms with E-state index in [9.17, 15) is 9.18 Å². The fourth-order valence-electron chi connectivity index (χ4n) is 1.90. The van der Waals surface area contributed by atoms with E-state index in [0.717, 1.165) is 5.56 Å². The van der Waals surface area contributed by atoms with Crippen molar-refractivity contribution in [1.82, 2.24) is 4.90 Å². The molecular formula is C16H16ClFN2O. The van der Waals surface area contributed by atoms with Gasteiger partial charge in [-0.3, -0.25) is 4.79 Å². The summed E-state index contributed by atoms with van der Waals surface area (Å²) in [5.74, 6) is -0.377. The Kier molecular flexibility index (Phi) is 4.81. The van der Waals surface area contributed by atoms with Crippen molar-refractivity contribution >= 4 is 23.2 Å². The van der Waals surface area contributed by atoms with Gasteiger partial charge in [0.1, 0.15) is 5.82 Å². The van der Waals surface area contributed by atoms with Crippen molar-refractivity contribution in [1.29, 1.82) is 0 Å². The molecule has 0 bridgehead atoms. The number of nitrogens with zero attached hydrogens (tertiary/aromatic N) is 1. The highest BCUT2D eigenvalue weighted by Crippen LogP contribution is 2.24. The summed E-state index contributed by atoms with van der Waals surface area (Å²) in [5.41, 5.74) is 2.00. The van der Waals surface area contributed by atoms with Crippen LogP contribution in [0, 0.1) is 5.82 Å². The Morgan fingerprint density at radius 2 is 2.00 bits per heavy atom. The lowest BCUT2D eigenvalue weighted by Gasteiger charge is -2.13.